The zero-order chi connectivity index (χ0) is 13.7. The molecule has 4 nitrogen and oxygen atoms in total. The molecule has 0 aliphatic heterocycles. The third kappa shape index (κ3) is 4.06. The van der Waals surface area contributed by atoms with E-state index in [9.17, 15) is 4.79 Å². The molecule has 1 aromatic carbocycles. The van der Waals surface area contributed by atoms with Crippen molar-refractivity contribution in [1.82, 2.24) is 10.3 Å². The van der Waals surface area contributed by atoms with Crippen molar-refractivity contribution >= 4 is 22.5 Å². The summed E-state index contributed by atoms with van der Waals surface area (Å²) in [6.07, 6.45) is 1.81. The maximum absolute atomic E-state index is 11.7. The van der Waals surface area contributed by atoms with Gasteiger partial charge in [0.15, 0.2) is 5.13 Å². The summed E-state index contributed by atoms with van der Waals surface area (Å²) in [7, 11) is 0. The Labute approximate surface area is 116 Å². The van der Waals surface area contributed by atoms with Gasteiger partial charge in [0, 0.05) is 17.6 Å². The van der Waals surface area contributed by atoms with Crippen LogP contribution in [-0.2, 0) is 6.54 Å². The number of aromatic nitrogens is 1. The zero-order valence-corrected chi connectivity index (χ0v) is 11.8. The van der Waals surface area contributed by atoms with Crippen molar-refractivity contribution in [3.8, 4) is 0 Å². The van der Waals surface area contributed by atoms with E-state index in [-0.39, 0.29) is 6.03 Å². The molecule has 5 heteroatoms. The highest BCUT2D eigenvalue weighted by atomic mass is 32.1. The van der Waals surface area contributed by atoms with Gasteiger partial charge in [-0.2, -0.15) is 0 Å². The highest BCUT2D eigenvalue weighted by Gasteiger charge is 2.08. The van der Waals surface area contributed by atoms with Gasteiger partial charge in [0.25, 0.3) is 0 Å². The molecule has 2 aromatic rings. The molecule has 0 saturated carbocycles. The minimum atomic E-state index is -0.228. The van der Waals surface area contributed by atoms with Crippen LogP contribution < -0.4 is 10.6 Å². The van der Waals surface area contributed by atoms with Crippen molar-refractivity contribution in [3.63, 3.8) is 0 Å². The van der Waals surface area contributed by atoms with Gasteiger partial charge in [-0.15, -0.1) is 11.3 Å². The standard InChI is InChI=1S/C14H17N3OS/c1-10(2)12-9-16-14(19-12)17-13(18)15-8-11-6-4-3-5-7-11/h3-7,9-10H,8H2,1-2H3,(H2,15,16,17,18). The fraction of sp³-hybridized carbons (Fsp3) is 0.286. The minimum absolute atomic E-state index is 0.228. The summed E-state index contributed by atoms with van der Waals surface area (Å²) >= 11 is 1.51. The fourth-order valence-electron chi connectivity index (χ4n) is 1.53. The lowest BCUT2D eigenvalue weighted by Crippen LogP contribution is -2.28. The summed E-state index contributed by atoms with van der Waals surface area (Å²) in [6.45, 7) is 4.72. The molecule has 1 heterocycles. The molecule has 0 aliphatic carbocycles. The lowest BCUT2D eigenvalue weighted by Gasteiger charge is -2.05. The summed E-state index contributed by atoms with van der Waals surface area (Å²) < 4.78 is 0. The molecule has 0 aliphatic rings. The number of urea groups is 1. The molecule has 0 radical (unpaired) electrons. The predicted octanol–water partition coefficient (Wildman–Crippen LogP) is 3.59. The highest BCUT2D eigenvalue weighted by Crippen LogP contribution is 2.24. The van der Waals surface area contributed by atoms with E-state index in [1.807, 2.05) is 36.5 Å². The van der Waals surface area contributed by atoms with Gasteiger partial charge in [-0.3, -0.25) is 5.32 Å². The monoisotopic (exact) mass is 275 g/mol. The van der Waals surface area contributed by atoms with E-state index in [1.165, 1.54) is 16.2 Å². The molecular formula is C14H17N3OS. The number of hydrogen-bond donors (Lipinski definition) is 2. The number of thiazole rings is 1. The van der Waals surface area contributed by atoms with Crippen LogP contribution in [0.1, 0.15) is 30.2 Å². The Hall–Kier alpha value is -1.88. The van der Waals surface area contributed by atoms with E-state index in [2.05, 4.69) is 29.5 Å². The molecule has 0 fully saturated rings. The lowest BCUT2D eigenvalue weighted by atomic mass is 10.2. The Morgan fingerprint density at radius 3 is 2.68 bits per heavy atom. The summed E-state index contributed by atoms with van der Waals surface area (Å²) in [4.78, 5) is 17.1. The average Bonchev–Trinajstić information content (AvgIpc) is 2.86. The zero-order valence-electron chi connectivity index (χ0n) is 11.0. The Bertz CT molecular complexity index is 537. The minimum Gasteiger partial charge on any atom is -0.334 e. The van der Waals surface area contributed by atoms with E-state index >= 15 is 0 Å². The van der Waals surface area contributed by atoms with Crippen LogP contribution in [-0.4, -0.2) is 11.0 Å². The van der Waals surface area contributed by atoms with Gasteiger partial charge in [-0.05, 0) is 11.5 Å². The van der Waals surface area contributed by atoms with Crippen LogP contribution >= 0.6 is 11.3 Å². The first-order valence-corrected chi connectivity index (χ1v) is 7.01. The van der Waals surface area contributed by atoms with Crippen molar-refractivity contribution in [2.75, 3.05) is 5.32 Å². The van der Waals surface area contributed by atoms with E-state index in [4.69, 9.17) is 0 Å². The van der Waals surface area contributed by atoms with Crippen LogP contribution in [0.15, 0.2) is 36.5 Å². The molecule has 0 saturated heterocycles. The smallest absolute Gasteiger partial charge is 0.321 e. The lowest BCUT2D eigenvalue weighted by molar-refractivity contribution is 0.251. The van der Waals surface area contributed by atoms with E-state index in [0.29, 0.717) is 17.6 Å². The van der Waals surface area contributed by atoms with Crippen molar-refractivity contribution in [2.45, 2.75) is 26.3 Å². The molecule has 19 heavy (non-hydrogen) atoms. The van der Waals surface area contributed by atoms with Gasteiger partial charge < -0.3 is 5.32 Å². The summed E-state index contributed by atoms with van der Waals surface area (Å²) in [5, 5.41) is 6.18. The predicted molar refractivity (Wildman–Crippen MR) is 78.5 cm³/mol. The molecule has 100 valence electrons. The Balaban J connectivity index is 1.84. The number of anilines is 1. The number of nitrogens with one attached hydrogen (secondary N) is 2. The third-order valence-corrected chi connectivity index (χ3v) is 3.82. The molecule has 2 N–H and O–H groups in total. The van der Waals surface area contributed by atoms with Crippen molar-refractivity contribution in [2.24, 2.45) is 0 Å². The maximum Gasteiger partial charge on any atom is 0.321 e. The van der Waals surface area contributed by atoms with E-state index < -0.39 is 0 Å². The van der Waals surface area contributed by atoms with Gasteiger partial charge >= 0.3 is 6.03 Å². The summed E-state index contributed by atoms with van der Waals surface area (Å²) in [5.74, 6) is 0.431. The second kappa shape index (κ2) is 6.33. The van der Waals surface area contributed by atoms with Crippen molar-refractivity contribution < 1.29 is 4.79 Å². The normalized spacial score (nSPS) is 10.5. The van der Waals surface area contributed by atoms with Gasteiger partial charge in [0.05, 0.1) is 0 Å². The quantitative estimate of drug-likeness (QED) is 0.896. The molecule has 1 aromatic heterocycles. The molecule has 2 rings (SSSR count). The average molecular weight is 275 g/mol. The molecule has 0 atom stereocenters. The first-order chi connectivity index (χ1) is 9.15. The molecule has 0 bridgehead atoms. The van der Waals surface area contributed by atoms with Gasteiger partial charge in [-0.1, -0.05) is 44.2 Å². The topological polar surface area (TPSA) is 54.0 Å². The number of benzene rings is 1. The largest absolute Gasteiger partial charge is 0.334 e. The molecule has 2 amide bonds. The molecule has 0 unspecified atom stereocenters. The number of hydrogen-bond acceptors (Lipinski definition) is 3. The van der Waals surface area contributed by atoms with Crippen LogP contribution in [0, 0.1) is 0 Å². The van der Waals surface area contributed by atoms with Gasteiger partial charge in [0.1, 0.15) is 0 Å². The van der Waals surface area contributed by atoms with Gasteiger partial charge in [-0.25, -0.2) is 9.78 Å². The Morgan fingerprint density at radius 2 is 2.05 bits per heavy atom. The Morgan fingerprint density at radius 1 is 1.32 bits per heavy atom. The first kappa shape index (κ1) is 13.5. The number of rotatable bonds is 4. The van der Waals surface area contributed by atoms with Crippen molar-refractivity contribution in [1.29, 1.82) is 0 Å². The van der Waals surface area contributed by atoms with Crippen LogP contribution in [0.4, 0.5) is 9.93 Å². The number of nitrogens with zero attached hydrogens (tertiary/aromatic N) is 1. The number of carbonyl (C=O) groups is 1. The van der Waals surface area contributed by atoms with Gasteiger partial charge in [0.2, 0.25) is 0 Å². The SMILES string of the molecule is CC(C)c1cnc(NC(=O)NCc2ccccc2)s1. The summed E-state index contributed by atoms with van der Waals surface area (Å²) in [5.41, 5.74) is 1.07. The van der Waals surface area contributed by atoms with E-state index in [0.717, 1.165) is 5.56 Å². The second-order valence-corrected chi connectivity index (χ2v) is 5.58. The molecule has 0 spiro atoms. The molecular weight excluding hydrogens is 258 g/mol. The highest BCUT2D eigenvalue weighted by molar-refractivity contribution is 7.15. The maximum atomic E-state index is 11.7. The van der Waals surface area contributed by atoms with Crippen LogP contribution in [0.5, 0.6) is 0 Å². The van der Waals surface area contributed by atoms with Crippen LogP contribution in [0.2, 0.25) is 0 Å². The number of amides is 2. The summed E-state index contributed by atoms with van der Waals surface area (Å²) in [6, 6.07) is 9.57. The van der Waals surface area contributed by atoms with E-state index in [1.54, 1.807) is 0 Å². The van der Waals surface area contributed by atoms with Crippen LogP contribution in [0.3, 0.4) is 0 Å². The number of carbonyl (C=O) groups excluding carboxylic acids is 1. The first-order valence-electron chi connectivity index (χ1n) is 6.19. The van der Waals surface area contributed by atoms with Crippen LogP contribution in [0.25, 0.3) is 0 Å². The second-order valence-electron chi connectivity index (χ2n) is 4.52. The fourth-order valence-corrected chi connectivity index (χ4v) is 2.34. The third-order valence-electron chi connectivity index (χ3n) is 2.61. The Kier molecular flexibility index (Phi) is 4.52. The van der Waals surface area contributed by atoms with Crippen molar-refractivity contribution in [3.05, 3.63) is 47.0 Å².